The van der Waals surface area contributed by atoms with E-state index in [0.29, 0.717) is 42.1 Å². The average molecular weight is 649 g/mol. The smallest absolute Gasteiger partial charge is 0.264 e. The van der Waals surface area contributed by atoms with Crippen molar-refractivity contribution in [2.75, 3.05) is 44.1 Å². The van der Waals surface area contributed by atoms with Crippen LogP contribution in [0.3, 0.4) is 0 Å². The molecule has 0 saturated carbocycles. The lowest BCUT2D eigenvalue weighted by Gasteiger charge is -2.40. The number of benzene rings is 4. The lowest BCUT2D eigenvalue weighted by molar-refractivity contribution is -0.131. The summed E-state index contributed by atoms with van der Waals surface area (Å²) >= 11 is 3.39. The van der Waals surface area contributed by atoms with Gasteiger partial charge < -0.3 is 9.64 Å². The van der Waals surface area contributed by atoms with Crippen molar-refractivity contribution in [2.24, 2.45) is 0 Å². The van der Waals surface area contributed by atoms with Gasteiger partial charge in [-0.1, -0.05) is 78.4 Å². The fraction of sp³-hybridized carbons (Fsp3) is 0.242. The number of hydrogen-bond donors (Lipinski definition) is 0. The number of anilines is 1. The molecule has 42 heavy (non-hydrogen) atoms. The number of carbonyl (C=O) groups is 1. The van der Waals surface area contributed by atoms with Gasteiger partial charge in [0, 0.05) is 26.2 Å². The van der Waals surface area contributed by atoms with Gasteiger partial charge in [0.1, 0.15) is 12.3 Å². The number of sulfonamides is 1. The molecule has 0 aromatic heterocycles. The fourth-order valence-corrected chi connectivity index (χ4v) is 7.43. The third-order valence-electron chi connectivity index (χ3n) is 7.57. The number of carbonyl (C=O) groups excluding carboxylic acids is 1. The Kier molecular flexibility index (Phi) is 9.30. The monoisotopic (exact) mass is 647 g/mol. The molecule has 1 amide bonds. The predicted molar refractivity (Wildman–Crippen MR) is 169 cm³/mol. The lowest BCUT2D eigenvalue weighted by Crippen LogP contribution is -2.52. The van der Waals surface area contributed by atoms with Gasteiger partial charge in [-0.15, -0.1) is 0 Å². The van der Waals surface area contributed by atoms with Crippen LogP contribution in [0.2, 0.25) is 0 Å². The molecule has 0 radical (unpaired) electrons. The first kappa shape index (κ1) is 29.8. The minimum absolute atomic E-state index is 0.0712. The zero-order valence-corrected chi connectivity index (χ0v) is 26.1. The Balaban J connectivity index is 1.36. The van der Waals surface area contributed by atoms with Crippen molar-refractivity contribution in [1.29, 1.82) is 0 Å². The van der Waals surface area contributed by atoms with Crippen molar-refractivity contribution in [2.45, 2.75) is 17.9 Å². The topological polar surface area (TPSA) is 70.2 Å². The van der Waals surface area contributed by atoms with Crippen LogP contribution in [-0.2, 0) is 14.8 Å². The van der Waals surface area contributed by atoms with E-state index < -0.39 is 10.0 Å². The number of hydrogen-bond acceptors (Lipinski definition) is 5. The van der Waals surface area contributed by atoms with E-state index in [0.717, 1.165) is 5.56 Å². The highest BCUT2D eigenvalue weighted by molar-refractivity contribution is 9.10. The van der Waals surface area contributed by atoms with Crippen LogP contribution in [-0.4, -0.2) is 64.0 Å². The van der Waals surface area contributed by atoms with E-state index in [-0.39, 0.29) is 23.4 Å². The minimum Gasteiger partial charge on any atom is -0.496 e. The van der Waals surface area contributed by atoms with E-state index in [1.54, 1.807) is 23.1 Å². The maximum Gasteiger partial charge on any atom is 0.264 e. The van der Waals surface area contributed by atoms with E-state index in [1.807, 2.05) is 55.5 Å². The van der Waals surface area contributed by atoms with Gasteiger partial charge in [-0.05, 0) is 64.3 Å². The zero-order chi connectivity index (χ0) is 29.7. The zero-order valence-electron chi connectivity index (χ0n) is 23.7. The Morgan fingerprint density at radius 2 is 1.43 bits per heavy atom. The summed E-state index contributed by atoms with van der Waals surface area (Å²) in [4.78, 5) is 17.9. The molecule has 218 valence electrons. The largest absolute Gasteiger partial charge is 0.496 e. The first-order valence-electron chi connectivity index (χ1n) is 13.8. The highest BCUT2D eigenvalue weighted by Gasteiger charge is 2.32. The molecule has 0 unspecified atom stereocenters. The van der Waals surface area contributed by atoms with Crippen LogP contribution >= 0.6 is 15.9 Å². The van der Waals surface area contributed by atoms with E-state index in [2.05, 4.69) is 45.1 Å². The number of halogens is 1. The molecular weight excluding hydrogens is 614 g/mol. The molecule has 1 heterocycles. The summed E-state index contributed by atoms with van der Waals surface area (Å²) in [5.74, 6) is 0.288. The molecule has 4 aromatic carbocycles. The Morgan fingerprint density at radius 3 is 1.95 bits per heavy atom. The molecular formula is C33H34BrN3O4S. The van der Waals surface area contributed by atoms with E-state index in [1.165, 1.54) is 34.7 Å². The molecule has 1 fully saturated rings. The van der Waals surface area contributed by atoms with Crippen molar-refractivity contribution in [3.05, 3.63) is 124 Å². The summed E-state index contributed by atoms with van der Waals surface area (Å²) < 4.78 is 34.9. The number of rotatable bonds is 9. The van der Waals surface area contributed by atoms with Crippen LogP contribution in [0, 0.1) is 6.92 Å². The van der Waals surface area contributed by atoms with Crippen molar-refractivity contribution < 1.29 is 17.9 Å². The summed E-state index contributed by atoms with van der Waals surface area (Å²) in [7, 11) is -2.53. The highest BCUT2D eigenvalue weighted by Crippen LogP contribution is 2.32. The molecule has 1 aliphatic heterocycles. The average Bonchev–Trinajstić information content (AvgIpc) is 3.02. The summed E-state index contributed by atoms with van der Waals surface area (Å²) in [5.41, 5.74) is 3.83. The molecule has 9 heteroatoms. The van der Waals surface area contributed by atoms with Crippen LogP contribution in [0.1, 0.15) is 22.7 Å². The summed E-state index contributed by atoms with van der Waals surface area (Å²) in [6.07, 6.45) is 0. The van der Waals surface area contributed by atoms with Crippen LogP contribution in [0.5, 0.6) is 5.75 Å². The van der Waals surface area contributed by atoms with Crippen LogP contribution < -0.4 is 9.04 Å². The van der Waals surface area contributed by atoms with E-state index in [9.17, 15) is 13.2 Å². The number of ether oxygens (including phenoxy) is 1. The van der Waals surface area contributed by atoms with Crippen molar-refractivity contribution in [3.63, 3.8) is 0 Å². The summed E-state index contributed by atoms with van der Waals surface area (Å²) in [6.45, 7) is 3.99. The molecule has 1 saturated heterocycles. The fourth-order valence-electron chi connectivity index (χ4n) is 5.30. The SMILES string of the molecule is COc1ccc(S(=O)(=O)N(CC(=O)N2CCN(C(c3ccccc3)c3ccccc3)CC2)c2ccc(C)cc2)cc1Br. The van der Waals surface area contributed by atoms with Gasteiger partial charge in [0.15, 0.2) is 0 Å². The standard InChI is InChI=1S/C33H34BrN3O4S/c1-25-13-15-28(16-14-25)37(42(39,40)29-17-18-31(41-2)30(34)23-29)24-32(38)35-19-21-36(22-20-35)33(26-9-5-3-6-10-26)27-11-7-4-8-12-27/h3-18,23,33H,19-22,24H2,1-2H3. The minimum atomic E-state index is -4.05. The predicted octanol–water partition coefficient (Wildman–Crippen LogP) is 5.90. The summed E-state index contributed by atoms with van der Waals surface area (Å²) in [6, 6.07) is 32.6. The molecule has 0 atom stereocenters. The van der Waals surface area contributed by atoms with Gasteiger partial charge in [-0.2, -0.15) is 0 Å². The molecule has 5 rings (SSSR count). The maximum absolute atomic E-state index is 13.9. The van der Waals surface area contributed by atoms with Gasteiger partial charge >= 0.3 is 0 Å². The van der Waals surface area contributed by atoms with Crippen LogP contribution in [0.4, 0.5) is 5.69 Å². The van der Waals surface area contributed by atoms with Crippen molar-refractivity contribution in [1.82, 2.24) is 9.80 Å². The highest BCUT2D eigenvalue weighted by atomic mass is 79.9. The van der Waals surface area contributed by atoms with E-state index in [4.69, 9.17) is 4.74 Å². The van der Waals surface area contributed by atoms with Gasteiger partial charge in [0.05, 0.1) is 28.2 Å². The second kappa shape index (κ2) is 13.1. The number of aryl methyl sites for hydroxylation is 1. The normalized spacial score (nSPS) is 14.1. The van der Waals surface area contributed by atoms with Crippen LogP contribution in [0.25, 0.3) is 0 Å². The number of piperazine rings is 1. The second-order valence-electron chi connectivity index (χ2n) is 10.3. The van der Waals surface area contributed by atoms with Gasteiger partial charge in [-0.25, -0.2) is 8.42 Å². The number of amides is 1. The number of methoxy groups -OCH3 is 1. The van der Waals surface area contributed by atoms with Crippen molar-refractivity contribution in [3.8, 4) is 5.75 Å². The van der Waals surface area contributed by atoms with Crippen LogP contribution in [0.15, 0.2) is 112 Å². The molecule has 4 aromatic rings. The molecule has 0 N–H and O–H groups in total. The maximum atomic E-state index is 13.9. The molecule has 7 nitrogen and oxygen atoms in total. The Hall–Kier alpha value is -3.66. The quantitative estimate of drug-likeness (QED) is 0.226. The molecule has 0 bridgehead atoms. The Labute approximate surface area is 256 Å². The molecule has 0 spiro atoms. The van der Waals surface area contributed by atoms with Gasteiger partial charge in [0.2, 0.25) is 5.91 Å². The Morgan fingerprint density at radius 1 is 0.857 bits per heavy atom. The second-order valence-corrected chi connectivity index (χ2v) is 13.0. The Bertz CT molecular complexity index is 1570. The molecule has 0 aliphatic carbocycles. The third-order valence-corrected chi connectivity index (χ3v) is 9.96. The van der Waals surface area contributed by atoms with Crippen molar-refractivity contribution >= 4 is 37.5 Å². The first-order valence-corrected chi connectivity index (χ1v) is 16.1. The third kappa shape index (κ3) is 6.53. The first-order chi connectivity index (χ1) is 20.3. The lowest BCUT2D eigenvalue weighted by atomic mass is 9.96. The molecule has 1 aliphatic rings. The summed E-state index contributed by atoms with van der Waals surface area (Å²) in [5, 5.41) is 0. The van der Waals surface area contributed by atoms with E-state index >= 15 is 0 Å². The number of nitrogens with zero attached hydrogens (tertiary/aromatic N) is 3. The van der Waals surface area contributed by atoms with Gasteiger partial charge in [-0.3, -0.25) is 14.0 Å². The van der Waals surface area contributed by atoms with Gasteiger partial charge in [0.25, 0.3) is 10.0 Å².